The standard InChI is InChI=1S/C28H48O4/c1-3-5-7-9-11-12-13-15-17-19-25-31-28(29)32-27-22-20-26(21-23-27)30-24-18-16-14-10-8-6-4-2/h20-23H,3-19,24-25H2,1-2H3. The smallest absolute Gasteiger partial charge is 0.494 e. The molecule has 4 nitrogen and oxygen atoms in total. The summed E-state index contributed by atoms with van der Waals surface area (Å²) in [5.74, 6) is 1.29. The van der Waals surface area contributed by atoms with Crippen molar-refractivity contribution < 1.29 is 19.0 Å². The summed E-state index contributed by atoms with van der Waals surface area (Å²) in [4.78, 5) is 11.8. The van der Waals surface area contributed by atoms with Crippen molar-refractivity contribution in [3.05, 3.63) is 24.3 Å². The third kappa shape index (κ3) is 16.9. The minimum atomic E-state index is -0.627. The Morgan fingerprint density at radius 2 is 0.969 bits per heavy atom. The number of benzene rings is 1. The molecule has 1 rings (SSSR count). The van der Waals surface area contributed by atoms with Crippen LogP contribution >= 0.6 is 0 Å². The average molecular weight is 449 g/mol. The van der Waals surface area contributed by atoms with E-state index >= 15 is 0 Å². The zero-order chi connectivity index (χ0) is 23.1. The Morgan fingerprint density at radius 1 is 0.562 bits per heavy atom. The normalized spacial score (nSPS) is 10.8. The van der Waals surface area contributed by atoms with Crippen LogP contribution in [0.1, 0.15) is 123 Å². The fourth-order valence-electron chi connectivity index (χ4n) is 3.72. The number of carbonyl (C=O) groups excluding carboxylic acids is 1. The van der Waals surface area contributed by atoms with Crippen molar-refractivity contribution >= 4 is 6.16 Å². The number of hydrogen-bond acceptors (Lipinski definition) is 4. The largest absolute Gasteiger partial charge is 0.513 e. The number of ether oxygens (including phenoxy) is 3. The van der Waals surface area contributed by atoms with E-state index in [0.717, 1.165) is 31.6 Å². The molecule has 0 radical (unpaired) electrons. The van der Waals surface area contributed by atoms with E-state index in [-0.39, 0.29) is 0 Å². The second-order valence-corrected chi connectivity index (χ2v) is 8.82. The Balaban J connectivity index is 1.98. The number of unbranched alkanes of at least 4 members (excludes halogenated alkanes) is 15. The van der Waals surface area contributed by atoms with Crippen LogP contribution in [-0.2, 0) is 4.74 Å². The fourth-order valence-corrected chi connectivity index (χ4v) is 3.72. The molecule has 4 heteroatoms. The van der Waals surface area contributed by atoms with Crippen LogP contribution in [-0.4, -0.2) is 19.4 Å². The first kappa shape index (κ1) is 28.3. The zero-order valence-corrected chi connectivity index (χ0v) is 20.9. The molecule has 1 aromatic rings. The molecular formula is C28H48O4. The molecule has 0 heterocycles. The molecule has 0 saturated carbocycles. The van der Waals surface area contributed by atoms with Gasteiger partial charge in [0.15, 0.2) is 0 Å². The summed E-state index contributed by atoms with van der Waals surface area (Å²) in [5, 5.41) is 0. The van der Waals surface area contributed by atoms with E-state index in [0.29, 0.717) is 12.4 Å². The van der Waals surface area contributed by atoms with Gasteiger partial charge in [0, 0.05) is 0 Å². The van der Waals surface area contributed by atoms with E-state index in [1.165, 1.54) is 89.9 Å². The molecule has 0 amide bonds. The summed E-state index contributed by atoms with van der Waals surface area (Å²) < 4.78 is 16.2. The highest BCUT2D eigenvalue weighted by Gasteiger charge is 2.06. The molecule has 0 aliphatic carbocycles. The van der Waals surface area contributed by atoms with E-state index in [9.17, 15) is 4.79 Å². The maximum atomic E-state index is 11.8. The first-order chi connectivity index (χ1) is 15.8. The van der Waals surface area contributed by atoms with Crippen molar-refractivity contribution in [3.63, 3.8) is 0 Å². The van der Waals surface area contributed by atoms with Crippen LogP contribution in [0.15, 0.2) is 24.3 Å². The number of rotatable bonds is 21. The van der Waals surface area contributed by atoms with E-state index in [1.54, 1.807) is 12.1 Å². The van der Waals surface area contributed by atoms with Crippen LogP contribution in [0.3, 0.4) is 0 Å². The highest BCUT2D eigenvalue weighted by Crippen LogP contribution is 2.19. The summed E-state index contributed by atoms with van der Waals surface area (Å²) >= 11 is 0. The van der Waals surface area contributed by atoms with Gasteiger partial charge in [-0.3, -0.25) is 0 Å². The second-order valence-electron chi connectivity index (χ2n) is 8.82. The molecule has 0 spiro atoms. The van der Waals surface area contributed by atoms with Crippen LogP contribution in [0.25, 0.3) is 0 Å². The number of carbonyl (C=O) groups is 1. The predicted molar refractivity (Wildman–Crippen MR) is 134 cm³/mol. The van der Waals surface area contributed by atoms with Crippen molar-refractivity contribution in [2.24, 2.45) is 0 Å². The molecule has 0 fully saturated rings. The van der Waals surface area contributed by atoms with Crippen LogP contribution in [0, 0.1) is 0 Å². The van der Waals surface area contributed by atoms with Crippen molar-refractivity contribution in [1.82, 2.24) is 0 Å². The molecule has 0 aliphatic rings. The lowest BCUT2D eigenvalue weighted by Gasteiger charge is -2.08. The molecule has 0 unspecified atom stereocenters. The Labute approximate surface area is 197 Å². The molecule has 1 aromatic carbocycles. The third-order valence-corrected chi connectivity index (χ3v) is 5.76. The van der Waals surface area contributed by atoms with Gasteiger partial charge in [-0.1, -0.05) is 110 Å². The van der Waals surface area contributed by atoms with Gasteiger partial charge in [-0.25, -0.2) is 4.79 Å². The first-order valence-corrected chi connectivity index (χ1v) is 13.3. The molecule has 0 aromatic heterocycles. The van der Waals surface area contributed by atoms with Gasteiger partial charge in [0.25, 0.3) is 0 Å². The van der Waals surface area contributed by atoms with Crippen molar-refractivity contribution in [2.45, 2.75) is 123 Å². The molecular weight excluding hydrogens is 400 g/mol. The lowest BCUT2D eigenvalue weighted by molar-refractivity contribution is 0.0972. The maximum Gasteiger partial charge on any atom is 0.513 e. The Morgan fingerprint density at radius 3 is 1.47 bits per heavy atom. The molecule has 0 saturated heterocycles. The summed E-state index contributed by atoms with van der Waals surface area (Å²) in [7, 11) is 0. The van der Waals surface area contributed by atoms with Gasteiger partial charge in [-0.05, 0) is 37.1 Å². The highest BCUT2D eigenvalue weighted by atomic mass is 16.7. The lowest BCUT2D eigenvalue weighted by Crippen LogP contribution is -2.11. The first-order valence-electron chi connectivity index (χ1n) is 13.3. The molecule has 32 heavy (non-hydrogen) atoms. The summed E-state index contributed by atoms with van der Waals surface area (Å²) in [6, 6.07) is 7.18. The molecule has 0 bridgehead atoms. The maximum absolute atomic E-state index is 11.8. The fraction of sp³-hybridized carbons (Fsp3) is 0.750. The van der Waals surface area contributed by atoms with Crippen LogP contribution < -0.4 is 9.47 Å². The third-order valence-electron chi connectivity index (χ3n) is 5.76. The SMILES string of the molecule is CCCCCCCCCCCCOC(=O)Oc1ccc(OCCCCCCCCC)cc1. The highest BCUT2D eigenvalue weighted by molar-refractivity contribution is 5.63. The van der Waals surface area contributed by atoms with E-state index in [2.05, 4.69) is 13.8 Å². The minimum absolute atomic E-state index is 0.426. The molecule has 0 atom stereocenters. The second kappa shape index (κ2) is 21.2. The van der Waals surface area contributed by atoms with Gasteiger partial charge in [0.1, 0.15) is 11.5 Å². The molecule has 184 valence electrons. The Hall–Kier alpha value is -1.71. The molecule has 0 N–H and O–H groups in total. The lowest BCUT2D eigenvalue weighted by atomic mass is 10.1. The Kier molecular flexibility index (Phi) is 18.7. The van der Waals surface area contributed by atoms with Gasteiger partial charge < -0.3 is 14.2 Å². The van der Waals surface area contributed by atoms with Gasteiger partial charge >= 0.3 is 6.16 Å². The summed E-state index contributed by atoms with van der Waals surface area (Å²) in [5.41, 5.74) is 0. The summed E-state index contributed by atoms with van der Waals surface area (Å²) in [6.45, 7) is 5.65. The van der Waals surface area contributed by atoms with Crippen molar-refractivity contribution in [1.29, 1.82) is 0 Å². The van der Waals surface area contributed by atoms with Crippen LogP contribution in [0.2, 0.25) is 0 Å². The quantitative estimate of drug-likeness (QED) is 0.107. The van der Waals surface area contributed by atoms with Gasteiger partial charge in [-0.2, -0.15) is 0 Å². The number of hydrogen-bond donors (Lipinski definition) is 0. The van der Waals surface area contributed by atoms with Crippen LogP contribution in [0.5, 0.6) is 11.5 Å². The van der Waals surface area contributed by atoms with Crippen molar-refractivity contribution in [2.75, 3.05) is 13.2 Å². The zero-order valence-electron chi connectivity index (χ0n) is 20.9. The predicted octanol–water partition coefficient (Wildman–Crippen LogP) is 9.25. The minimum Gasteiger partial charge on any atom is -0.494 e. The van der Waals surface area contributed by atoms with E-state index < -0.39 is 6.16 Å². The molecule has 0 aliphatic heterocycles. The van der Waals surface area contributed by atoms with Gasteiger partial charge in [0.05, 0.1) is 13.2 Å². The average Bonchev–Trinajstić information content (AvgIpc) is 2.80. The van der Waals surface area contributed by atoms with E-state index in [4.69, 9.17) is 14.2 Å². The summed E-state index contributed by atoms with van der Waals surface area (Å²) in [6.07, 6.45) is 20.9. The topological polar surface area (TPSA) is 44.8 Å². The Bertz CT molecular complexity index is 541. The van der Waals surface area contributed by atoms with Gasteiger partial charge in [-0.15, -0.1) is 0 Å². The van der Waals surface area contributed by atoms with E-state index in [1.807, 2.05) is 12.1 Å². The van der Waals surface area contributed by atoms with Crippen LogP contribution in [0.4, 0.5) is 4.79 Å². The van der Waals surface area contributed by atoms with Gasteiger partial charge in [0.2, 0.25) is 0 Å². The monoisotopic (exact) mass is 448 g/mol. The van der Waals surface area contributed by atoms with Crippen molar-refractivity contribution in [3.8, 4) is 11.5 Å².